The first kappa shape index (κ1) is 17.1. The third kappa shape index (κ3) is 2.60. The predicted octanol–water partition coefficient (Wildman–Crippen LogP) is 2.78. The summed E-state index contributed by atoms with van der Waals surface area (Å²) in [6.07, 6.45) is 1.77. The van der Waals surface area contributed by atoms with Gasteiger partial charge in [0.15, 0.2) is 5.96 Å². The highest BCUT2D eigenvalue weighted by Gasteiger charge is 2.24. The molecule has 0 saturated carbocycles. The van der Waals surface area contributed by atoms with Crippen LogP contribution < -0.4 is 11.5 Å². The summed E-state index contributed by atoms with van der Waals surface area (Å²) < 4.78 is 1.95. The number of carbonyl (C=O) groups is 1. The molecule has 2 rings (SSSR count). The first-order valence-electron chi connectivity index (χ1n) is 7.93. The molecule has 0 aliphatic carbocycles. The summed E-state index contributed by atoms with van der Waals surface area (Å²) in [5, 5.41) is 1.17. The zero-order valence-corrected chi connectivity index (χ0v) is 14.9. The largest absolute Gasteiger partial charge is 0.370 e. The third-order valence-electron chi connectivity index (χ3n) is 4.85. The van der Waals surface area contributed by atoms with Gasteiger partial charge in [-0.3, -0.25) is 4.79 Å². The molecular weight excluding hydrogens is 288 g/mol. The summed E-state index contributed by atoms with van der Waals surface area (Å²) in [6.45, 7) is 10.6. The standard InChI is InChI=1S/C18H26N4O/c1-7-8-13-14-11(4)9(2)10(3)12(5)15(14)22(6)16(13)17(23)21-18(19)20/h7-8H2,1-6H3,(H4,19,20,21,23). The molecule has 0 aliphatic heterocycles. The van der Waals surface area contributed by atoms with Crippen LogP contribution in [0, 0.1) is 27.7 Å². The molecule has 1 amide bonds. The van der Waals surface area contributed by atoms with Crippen molar-refractivity contribution in [3.63, 3.8) is 0 Å². The molecule has 0 radical (unpaired) electrons. The smallest absolute Gasteiger partial charge is 0.297 e. The molecule has 2 aromatic rings. The van der Waals surface area contributed by atoms with E-state index in [4.69, 9.17) is 11.5 Å². The number of nitrogens with zero attached hydrogens (tertiary/aromatic N) is 2. The first-order chi connectivity index (χ1) is 10.7. The lowest BCUT2D eigenvalue weighted by atomic mass is 9.92. The van der Waals surface area contributed by atoms with Crippen LogP contribution in [0.2, 0.25) is 0 Å². The predicted molar refractivity (Wildman–Crippen MR) is 96.0 cm³/mol. The minimum absolute atomic E-state index is 0.205. The number of hydrogen-bond donors (Lipinski definition) is 2. The number of hydrogen-bond acceptors (Lipinski definition) is 1. The SMILES string of the molecule is CCCc1c(C(=O)N=C(N)N)n(C)c2c(C)c(C)c(C)c(C)c12. The van der Waals surface area contributed by atoms with Crippen LogP contribution in [0.4, 0.5) is 0 Å². The van der Waals surface area contributed by atoms with E-state index < -0.39 is 0 Å². The van der Waals surface area contributed by atoms with Gasteiger partial charge in [0.1, 0.15) is 5.69 Å². The number of nitrogens with two attached hydrogens (primary N) is 2. The molecule has 0 saturated heterocycles. The molecule has 1 aromatic heterocycles. The Morgan fingerprint density at radius 3 is 2.13 bits per heavy atom. The number of benzene rings is 1. The van der Waals surface area contributed by atoms with E-state index in [1.807, 2.05) is 11.6 Å². The number of aromatic nitrogens is 1. The second kappa shape index (κ2) is 6.07. The summed E-state index contributed by atoms with van der Waals surface area (Å²) in [6, 6.07) is 0. The highest BCUT2D eigenvalue weighted by atomic mass is 16.1. The van der Waals surface area contributed by atoms with Crippen LogP contribution >= 0.6 is 0 Å². The van der Waals surface area contributed by atoms with Crippen molar-refractivity contribution in [2.45, 2.75) is 47.5 Å². The maximum Gasteiger partial charge on any atom is 0.297 e. The van der Waals surface area contributed by atoms with Gasteiger partial charge >= 0.3 is 0 Å². The molecule has 0 fully saturated rings. The van der Waals surface area contributed by atoms with Crippen molar-refractivity contribution in [3.05, 3.63) is 33.5 Å². The van der Waals surface area contributed by atoms with Crippen molar-refractivity contribution < 1.29 is 4.79 Å². The normalized spacial score (nSPS) is 11.0. The Bertz CT molecular complexity index is 824. The Kier molecular flexibility index (Phi) is 4.50. The Morgan fingerprint density at radius 1 is 1.04 bits per heavy atom. The van der Waals surface area contributed by atoms with Crippen LogP contribution in [0.3, 0.4) is 0 Å². The average Bonchev–Trinajstić information content (AvgIpc) is 2.75. The van der Waals surface area contributed by atoms with Gasteiger partial charge in [-0.15, -0.1) is 0 Å². The fourth-order valence-corrected chi connectivity index (χ4v) is 3.45. The van der Waals surface area contributed by atoms with E-state index in [1.54, 1.807) is 0 Å². The van der Waals surface area contributed by atoms with Gasteiger partial charge in [0, 0.05) is 12.4 Å². The lowest BCUT2D eigenvalue weighted by molar-refractivity contribution is 0.0994. The zero-order valence-electron chi connectivity index (χ0n) is 14.9. The molecule has 0 unspecified atom stereocenters. The van der Waals surface area contributed by atoms with E-state index in [1.165, 1.54) is 27.6 Å². The Morgan fingerprint density at radius 2 is 1.61 bits per heavy atom. The molecule has 0 aliphatic rings. The van der Waals surface area contributed by atoms with Crippen LogP contribution in [0.5, 0.6) is 0 Å². The summed E-state index contributed by atoms with van der Waals surface area (Å²) in [5.41, 5.74) is 18.5. The number of aryl methyl sites for hydroxylation is 4. The van der Waals surface area contributed by atoms with Gasteiger partial charge in [0.25, 0.3) is 5.91 Å². The number of aliphatic imine (C=N–C) groups is 1. The van der Waals surface area contributed by atoms with E-state index in [0.29, 0.717) is 5.69 Å². The third-order valence-corrected chi connectivity index (χ3v) is 4.85. The summed E-state index contributed by atoms with van der Waals surface area (Å²) in [4.78, 5) is 16.3. The molecule has 5 heteroatoms. The van der Waals surface area contributed by atoms with Crippen molar-refractivity contribution in [3.8, 4) is 0 Å². The van der Waals surface area contributed by atoms with E-state index in [2.05, 4.69) is 39.6 Å². The molecule has 1 heterocycles. The van der Waals surface area contributed by atoms with Crippen molar-refractivity contribution in [2.75, 3.05) is 0 Å². The fourth-order valence-electron chi connectivity index (χ4n) is 3.45. The van der Waals surface area contributed by atoms with E-state index in [0.717, 1.165) is 23.9 Å². The van der Waals surface area contributed by atoms with Gasteiger partial charge in [-0.25, -0.2) is 0 Å². The molecule has 0 atom stereocenters. The van der Waals surface area contributed by atoms with Crippen LogP contribution in [0.15, 0.2) is 4.99 Å². The van der Waals surface area contributed by atoms with Crippen LogP contribution in [0.1, 0.15) is 51.7 Å². The minimum Gasteiger partial charge on any atom is -0.370 e. The van der Waals surface area contributed by atoms with E-state index in [9.17, 15) is 4.79 Å². The van der Waals surface area contributed by atoms with Crippen LogP contribution in [-0.4, -0.2) is 16.4 Å². The second-order valence-electron chi connectivity index (χ2n) is 6.20. The van der Waals surface area contributed by atoms with Gasteiger partial charge < -0.3 is 16.0 Å². The minimum atomic E-state index is -0.374. The highest BCUT2D eigenvalue weighted by Crippen LogP contribution is 2.35. The number of amides is 1. The molecule has 4 N–H and O–H groups in total. The quantitative estimate of drug-likeness (QED) is 0.674. The number of carbonyl (C=O) groups excluding carboxylic acids is 1. The monoisotopic (exact) mass is 314 g/mol. The molecule has 124 valence electrons. The fraction of sp³-hybridized carbons (Fsp3) is 0.444. The number of fused-ring (bicyclic) bond motifs is 1. The summed E-state index contributed by atoms with van der Waals surface area (Å²) in [7, 11) is 1.91. The Labute approximate surface area is 137 Å². The zero-order chi connectivity index (χ0) is 17.5. The number of guanidine groups is 1. The maximum absolute atomic E-state index is 12.6. The molecular formula is C18H26N4O. The molecule has 0 bridgehead atoms. The Hall–Kier alpha value is -2.30. The second-order valence-corrected chi connectivity index (χ2v) is 6.20. The number of rotatable bonds is 3. The Balaban J connectivity index is 2.99. The lowest BCUT2D eigenvalue weighted by Gasteiger charge is -2.13. The first-order valence-corrected chi connectivity index (χ1v) is 7.93. The molecule has 1 aromatic carbocycles. The molecule has 5 nitrogen and oxygen atoms in total. The van der Waals surface area contributed by atoms with Crippen LogP contribution in [-0.2, 0) is 13.5 Å². The summed E-state index contributed by atoms with van der Waals surface area (Å²) >= 11 is 0. The van der Waals surface area contributed by atoms with Gasteiger partial charge in [0.2, 0.25) is 0 Å². The van der Waals surface area contributed by atoms with Gasteiger partial charge in [-0.2, -0.15) is 4.99 Å². The molecule has 0 spiro atoms. The van der Waals surface area contributed by atoms with Gasteiger partial charge in [0.05, 0.1) is 5.52 Å². The average molecular weight is 314 g/mol. The lowest BCUT2D eigenvalue weighted by Crippen LogP contribution is -2.25. The molecule has 23 heavy (non-hydrogen) atoms. The topological polar surface area (TPSA) is 86.4 Å². The van der Waals surface area contributed by atoms with Crippen molar-refractivity contribution in [1.82, 2.24) is 4.57 Å². The highest BCUT2D eigenvalue weighted by molar-refractivity contribution is 6.07. The van der Waals surface area contributed by atoms with Crippen molar-refractivity contribution in [1.29, 1.82) is 0 Å². The van der Waals surface area contributed by atoms with Gasteiger partial charge in [-0.1, -0.05) is 13.3 Å². The summed E-state index contributed by atoms with van der Waals surface area (Å²) in [5.74, 6) is -0.579. The van der Waals surface area contributed by atoms with Crippen LogP contribution in [0.25, 0.3) is 10.9 Å². The van der Waals surface area contributed by atoms with E-state index >= 15 is 0 Å². The van der Waals surface area contributed by atoms with Crippen molar-refractivity contribution in [2.24, 2.45) is 23.5 Å². The maximum atomic E-state index is 12.6. The van der Waals surface area contributed by atoms with Crippen molar-refractivity contribution >= 4 is 22.8 Å². The van der Waals surface area contributed by atoms with Gasteiger partial charge in [-0.05, 0) is 61.9 Å². The van der Waals surface area contributed by atoms with E-state index in [-0.39, 0.29) is 11.9 Å².